The second-order valence-electron chi connectivity index (χ2n) is 4.19. The van der Waals surface area contributed by atoms with Crippen molar-refractivity contribution in [2.75, 3.05) is 5.75 Å². The van der Waals surface area contributed by atoms with Gasteiger partial charge < -0.3 is 9.67 Å². The molecule has 0 saturated carbocycles. The third-order valence-corrected chi connectivity index (χ3v) is 3.97. The number of rotatable bonds is 5. The predicted octanol–water partition coefficient (Wildman–Crippen LogP) is 3.10. The topological polar surface area (TPSA) is 68.0 Å². The van der Waals surface area contributed by atoms with Crippen molar-refractivity contribution in [3.8, 4) is 11.4 Å². The first-order valence-corrected chi connectivity index (χ1v) is 7.43. The Kier molecular flexibility index (Phi) is 4.67. The number of hydrogen-bond donors (Lipinski definition) is 1. The fraction of sp³-hybridized carbons (Fsp3) is 0.308. The van der Waals surface area contributed by atoms with Crippen LogP contribution in [0.5, 0.6) is 0 Å². The Labute approximate surface area is 126 Å². The van der Waals surface area contributed by atoms with Gasteiger partial charge in [0.1, 0.15) is 0 Å². The van der Waals surface area contributed by atoms with Gasteiger partial charge in [0.05, 0.1) is 5.75 Å². The number of nitrogens with zero attached hydrogens (tertiary/aromatic N) is 3. The van der Waals surface area contributed by atoms with Crippen LogP contribution in [0.3, 0.4) is 0 Å². The number of aryl methyl sites for hydroxylation is 1. The summed E-state index contributed by atoms with van der Waals surface area (Å²) in [7, 11) is 0. The van der Waals surface area contributed by atoms with E-state index < -0.39 is 5.97 Å². The van der Waals surface area contributed by atoms with E-state index in [0.29, 0.717) is 16.7 Å². The quantitative estimate of drug-likeness (QED) is 0.859. The highest BCUT2D eigenvalue weighted by Crippen LogP contribution is 2.27. The molecule has 1 heterocycles. The van der Waals surface area contributed by atoms with Crippen molar-refractivity contribution in [1.82, 2.24) is 14.8 Å². The van der Waals surface area contributed by atoms with Crippen LogP contribution in [0.1, 0.15) is 12.5 Å². The van der Waals surface area contributed by atoms with Gasteiger partial charge in [0.25, 0.3) is 0 Å². The van der Waals surface area contributed by atoms with Crippen LogP contribution in [-0.2, 0) is 11.3 Å². The van der Waals surface area contributed by atoms with Gasteiger partial charge in [-0.1, -0.05) is 23.4 Å². The fourth-order valence-electron chi connectivity index (χ4n) is 1.88. The van der Waals surface area contributed by atoms with Crippen molar-refractivity contribution >= 4 is 29.3 Å². The first-order valence-electron chi connectivity index (χ1n) is 6.07. The third-order valence-electron chi connectivity index (χ3n) is 2.79. The first-order chi connectivity index (χ1) is 9.52. The zero-order valence-electron chi connectivity index (χ0n) is 11.1. The lowest BCUT2D eigenvalue weighted by molar-refractivity contribution is -0.133. The molecule has 106 valence electrons. The van der Waals surface area contributed by atoms with Crippen LogP contribution < -0.4 is 0 Å². The van der Waals surface area contributed by atoms with E-state index in [1.807, 2.05) is 36.6 Å². The average molecular weight is 312 g/mol. The van der Waals surface area contributed by atoms with Gasteiger partial charge in [0.15, 0.2) is 11.0 Å². The summed E-state index contributed by atoms with van der Waals surface area (Å²) in [6.45, 7) is 4.61. The van der Waals surface area contributed by atoms with Crippen LogP contribution in [0.2, 0.25) is 5.02 Å². The number of carbonyl (C=O) groups is 1. The Morgan fingerprint density at radius 2 is 2.20 bits per heavy atom. The lowest BCUT2D eigenvalue weighted by Crippen LogP contribution is -2.03. The molecule has 0 saturated heterocycles. The summed E-state index contributed by atoms with van der Waals surface area (Å²) >= 11 is 7.12. The number of hydrogen-bond acceptors (Lipinski definition) is 4. The number of aliphatic carboxylic acids is 1. The molecular weight excluding hydrogens is 298 g/mol. The molecule has 0 radical (unpaired) electrons. The monoisotopic (exact) mass is 311 g/mol. The zero-order chi connectivity index (χ0) is 14.7. The van der Waals surface area contributed by atoms with Gasteiger partial charge in [-0.3, -0.25) is 4.79 Å². The first kappa shape index (κ1) is 14.9. The maximum Gasteiger partial charge on any atom is 0.313 e. The van der Waals surface area contributed by atoms with E-state index in [2.05, 4.69) is 10.2 Å². The van der Waals surface area contributed by atoms with E-state index in [9.17, 15) is 4.79 Å². The van der Waals surface area contributed by atoms with Gasteiger partial charge >= 0.3 is 5.97 Å². The van der Waals surface area contributed by atoms with Crippen LogP contribution in [0.4, 0.5) is 0 Å². The second-order valence-corrected chi connectivity index (χ2v) is 5.57. The summed E-state index contributed by atoms with van der Waals surface area (Å²) in [5.41, 5.74) is 1.96. The Morgan fingerprint density at radius 1 is 1.45 bits per heavy atom. The number of halogens is 1. The summed E-state index contributed by atoms with van der Waals surface area (Å²) in [6, 6.07) is 5.58. The van der Waals surface area contributed by atoms with Crippen molar-refractivity contribution in [3.63, 3.8) is 0 Å². The summed E-state index contributed by atoms with van der Waals surface area (Å²) in [5.74, 6) is -0.169. The van der Waals surface area contributed by atoms with E-state index in [1.165, 1.54) is 11.8 Å². The minimum atomic E-state index is -0.870. The number of aromatic nitrogens is 3. The number of carboxylic acid groups (broad SMARTS) is 1. The maximum atomic E-state index is 10.6. The maximum absolute atomic E-state index is 10.6. The number of carboxylic acids is 1. The lowest BCUT2D eigenvalue weighted by Gasteiger charge is -2.09. The molecule has 0 unspecified atom stereocenters. The third kappa shape index (κ3) is 3.13. The molecule has 0 aliphatic rings. The highest BCUT2D eigenvalue weighted by molar-refractivity contribution is 7.99. The summed E-state index contributed by atoms with van der Waals surface area (Å²) in [5, 5.41) is 18.3. The molecule has 20 heavy (non-hydrogen) atoms. The van der Waals surface area contributed by atoms with Crippen molar-refractivity contribution in [2.45, 2.75) is 25.5 Å². The Bertz CT molecular complexity index is 643. The molecular formula is C13H14ClN3O2S. The molecule has 0 aliphatic heterocycles. The minimum absolute atomic E-state index is 0.0300. The van der Waals surface area contributed by atoms with Crippen molar-refractivity contribution in [3.05, 3.63) is 28.8 Å². The standard InChI is InChI=1S/C13H14ClN3O2S/c1-3-17-12(10-5-4-9(14)6-8(10)2)15-16-13(17)20-7-11(18)19/h4-6H,3,7H2,1-2H3,(H,18,19). The van der Waals surface area contributed by atoms with E-state index in [4.69, 9.17) is 16.7 Å². The molecule has 0 amide bonds. The average Bonchev–Trinajstić information content (AvgIpc) is 2.79. The van der Waals surface area contributed by atoms with E-state index in [-0.39, 0.29) is 5.75 Å². The summed E-state index contributed by atoms with van der Waals surface area (Å²) in [6.07, 6.45) is 0. The molecule has 2 aromatic rings. The SMILES string of the molecule is CCn1c(SCC(=O)O)nnc1-c1ccc(Cl)cc1C. The highest BCUT2D eigenvalue weighted by Gasteiger charge is 2.15. The summed E-state index contributed by atoms with van der Waals surface area (Å²) < 4.78 is 1.91. The van der Waals surface area contributed by atoms with Gasteiger partial charge in [0, 0.05) is 17.1 Å². The molecule has 1 aromatic heterocycles. The van der Waals surface area contributed by atoms with Crippen LogP contribution in [0.25, 0.3) is 11.4 Å². The molecule has 0 bridgehead atoms. The molecule has 0 aliphatic carbocycles. The minimum Gasteiger partial charge on any atom is -0.481 e. The Hall–Kier alpha value is -1.53. The molecule has 2 rings (SSSR count). The van der Waals surface area contributed by atoms with Crippen molar-refractivity contribution in [1.29, 1.82) is 0 Å². The fourth-order valence-corrected chi connectivity index (χ4v) is 2.83. The zero-order valence-corrected chi connectivity index (χ0v) is 12.7. The summed E-state index contributed by atoms with van der Waals surface area (Å²) in [4.78, 5) is 10.6. The van der Waals surface area contributed by atoms with Crippen molar-refractivity contribution in [2.24, 2.45) is 0 Å². The molecule has 0 spiro atoms. The van der Waals surface area contributed by atoms with Gasteiger partial charge in [-0.2, -0.15) is 0 Å². The molecule has 0 atom stereocenters. The molecule has 1 N–H and O–H groups in total. The largest absolute Gasteiger partial charge is 0.481 e. The van der Waals surface area contributed by atoms with Gasteiger partial charge in [-0.15, -0.1) is 10.2 Å². The lowest BCUT2D eigenvalue weighted by atomic mass is 10.1. The van der Waals surface area contributed by atoms with Crippen molar-refractivity contribution < 1.29 is 9.90 Å². The smallest absolute Gasteiger partial charge is 0.313 e. The molecule has 0 fully saturated rings. The Morgan fingerprint density at radius 3 is 2.80 bits per heavy atom. The van der Waals surface area contributed by atoms with Crippen LogP contribution in [0, 0.1) is 6.92 Å². The van der Waals surface area contributed by atoms with Crippen LogP contribution in [-0.4, -0.2) is 31.6 Å². The normalized spacial score (nSPS) is 10.8. The molecule has 5 nitrogen and oxygen atoms in total. The second kappa shape index (κ2) is 6.28. The van der Waals surface area contributed by atoms with Crippen LogP contribution >= 0.6 is 23.4 Å². The van der Waals surface area contributed by atoms with E-state index >= 15 is 0 Å². The van der Waals surface area contributed by atoms with Crippen LogP contribution in [0.15, 0.2) is 23.4 Å². The molecule has 1 aromatic carbocycles. The molecule has 7 heteroatoms. The highest BCUT2D eigenvalue weighted by atomic mass is 35.5. The Balaban J connectivity index is 2.39. The van der Waals surface area contributed by atoms with E-state index in [0.717, 1.165) is 17.0 Å². The van der Waals surface area contributed by atoms with Gasteiger partial charge in [-0.25, -0.2) is 0 Å². The van der Waals surface area contributed by atoms with Gasteiger partial charge in [-0.05, 0) is 37.6 Å². The van der Waals surface area contributed by atoms with Gasteiger partial charge in [0.2, 0.25) is 0 Å². The predicted molar refractivity (Wildman–Crippen MR) is 79.2 cm³/mol. The number of benzene rings is 1. The van der Waals surface area contributed by atoms with E-state index in [1.54, 1.807) is 0 Å². The number of thioether (sulfide) groups is 1.